The Bertz CT molecular complexity index is 399. The summed E-state index contributed by atoms with van der Waals surface area (Å²) < 4.78 is 5.34. The molecule has 1 aromatic carbocycles. The van der Waals surface area contributed by atoms with E-state index in [0.29, 0.717) is 0 Å². The molecular weight excluding hydrogens is 198 g/mol. The lowest BCUT2D eigenvalue weighted by atomic mass is 9.81. The largest absolute Gasteiger partial charge is 0.496 e. The van der Waals surface area contributed by atoms with Crippen LogP contribution in [-0.4, -0.2) is 7.11 Å². The number of methoxy groups -OCH3 is 1. The summed E-state index contributed by atoms with van der Waals surface area (Å²) >= 11 is 0. The van der Waals surface area contributed by atoms with Gasteiger partial charge in [0.2, 0.25) is 0 Å². The lowest BCUT2D eigenvalue weighted by molar-refractivity contribution is 0.378. The van der Waals surface area contributed by atoms with Crippen LogP contribution in [0.5, 0.6) is 5.75 Å². The highest BCUT2D eigenvalue weighted by atomic mass is 16.5. The van der Waals surface area contributed by atoms with Gasteiger partial charge in [-0.25, -0.2) is 0 Å². The summed E-state index contributed by atoms with van der Waals surface area (Å²) in [5.41, 5.74) is 1.02. The Morgan fingerprint density at radius 2 is 2.00 bits per heavy atom. The highest BCUT2D eigenvalue weighted by Gasteiger charge is 2.34. The third kappa shape index (κ3) is 2.04. The van der Waals surface area contributed by atoms with Gasteiger partial charge in [0.1, 0.15) is 5.75 Å². The number of hydrogen-bond donors (Lipinski definition) is 0. The Kier molecular flexibility index (Phi) is 3.14. The Morgan fingerprint density at radius 3 is 2.62 bits per heavy atom. The zero-order chi connectivity index (χ0) is 11.4. The van der Waals surface area contributed by atoms with E-state index < -0.39 is 0 Å². The maximum absolute atomic E-state index is 9.35. The summed E-state index contributed by atoms with van der Waals surface area (Å²) in [4.78, 5) is 0. The van der Waals surface area contributed by atoms with Gasteiger partial charge in [0, 0.05) is 0 Å². The van der Waals surface area contributed by atoms with Gasteiger partial charge in [0.15, 0.2) is 0 Å². The van der Waals surface area contributed by atoms with E-state index in [2.05, 4.69) is 12.1 Å². The van der Waals surface area contributed by atoms with Gasteiger partial charge >= 0.3 is 0 Å². The molecule has 0 spiro atoms. The molecule has 1 fully saturated rings. The minimum absolute atomic E-state index is 0.144. The molecule has 0 heterocycles. The Labute approximate surface area is 96.9 Å². The molecule has 1 aliphatic carbocycles. The van der Waals surface area contributed by atoms with Crippen LogP contribution in [0.25, 0.3) is 0 Å². The standard InChI is InChI=1S/C14H17NO/c1-16-13-7-3-2-6-12(13)10-14(11-15)8-4-5-9-14/h2-3,6-7H,4-5,8-10H2,1H3. The second-order valence-electron chi connectivity index (χ2n) is 4.59. The number of benzene rings is 1. The van der Waals surface area contributed by atoms with Crippen molar-refractivity contribution in [2.24, 2.45) is 5.41 Å². The number of para-hydroxylation sites is 1. The predicted molar refractivity (Wildman–Crippen MR) is 63.2 cm³/mol. The third-order valence-corrected chi connectivity index (χ3v) is 3.52. The molecule has 1 aliphatic rings. The molecule has 2 rings (SSSR count). The SMILES string of the molecule is COc1ccccc1CC1(C#N)CCCC1. The van der Waals surface area contributed by atoms with E-state index in [-0.39, 0.29) is 5.41 Å². The topological polar surface area (TPSA) is 33.0 Å². The average Bonchev–Trinajstić information content (AvgIpc) is 2.79. The molecule has 0 aromatic heterocycles. The van der Waals surface area contributed by atoms with E-state index >= 15 is 0 Å². The van der Waals surface area contributed by atoms with Crippen LogP contribution in [-0.2, 0) is 6.42 Å². The molecule has 0 radical (unpaired) electrons. The Hall–Kier alpha value is -1.49. The van der Waals surface area contributed by atoms with E-state index in [1.807, 2.05) is 18.2 Å². The average molecular weight is 215 g/mol. The van der Waals surface area contributed by atoms with Crippen LogP contribution in [0, 0.1) is 16.7 Å². The van der Waals surface area contributed by atoms with Crippen LogP contribution in [0.1, 0.15) is 31.2 Å². The highest BCUT2D eigenvalue weighted by molar-refractivity contribution is 5.35. The lowest BCUT2D eigenvalue weighted by Crippen LogP contribution is -2.17. The van der Waals surface area contributed by atoms with Crippen molar-refractivity contribution in [3.05, 3.63) is 29.8 Å². The lowest BCUT2D eigenvalue weighted by Gasteiger charge is -2.21. The molecule has 0 amide bonds. The number of rotatable bonds is 3. The Morgan fingerprint density at radius 1 is 1.31 bits per heavy atom. The first-order valence-electron chi connectivity index (χ1n) is 5.83. The number of nitriles is 1. The van der Waals surface area contributed by atoms with Crippen LogP contribution >= 0.6 is 0 Å². The van der Waals surface area contributed by atoms with Crippen molar-refractivity contribution < 1.29 is 4.74 Å². The molecule has 1 aromatic rings. The fourth-order valence-corrected chi connectivity index (χ4v) is 2.59. The second kappa shape index (κ2) is 4.57. The fraction of sp³-hybridized carbons (Fsp3) is 0.500. The molecule has 0 aliphatic heterocycles. The summed E-state index contributed by atoms with van der Waals surface area (Å²) in [5.74, 6) is 0.907. The molecular formula is C14H17NO. The van der Waals surface area contributed by atoms with Crippen molar-refractivity contribution in [3.8, 4) is 11.8 Å². The summed E-state index contributed by atoms with van der Waals surface area (Å²) in [7, 11) is 1.69. The van der Waals surface area contributed by atoms with Gasteiger partial charge in [0.25, 0.3) is 0 Å². The molecule has 0 atom stereocenters. The molecule has 84 valence electrons. The first kappa shape index (κ1) is 11.0. The molecule has 0 unspecified atom stereocenters. The van der Waals surface area contributed by atoms with E-state index in [1.165, 1.54) is 12.8 Å². The normalized spacial score (nSPS) is 18.0. The van der Waals surface area contributed by atoms with Crippen molar-refractivity contribution in [3.63, 3.8) is 0 Å². The minimum Gasteiger partial charge on any atom is -0.496 e. The monoisotopic (exact) mass is 215 g/mol. The van der Waals surface area contributed by atoms with Crippen LogP contribution in [0.4, 0.5) is 0 Å². The molecule has 0 N–H and O–H groups in total. The predicted octanol–water partition coefficient (Wildman–Crippen LogP) is 3.32. The van der Waals surface area contributed by atoms with Crippen LogP contribution in [0.3, 0.4) is 0 Å². The second-order valence-corrected chi connectivity index (χ2v) is 4.59. The zero-order valence-corrected chi connectivity index (χ0v) is 9.70. The van der Waals surface area contributed by atoms with Gasteiger partial charge in [-0.3, -0.25) is 0 Å². The van der Waals surface area contributed by atoms with Gasteiger partial charge in [-0.1, -0.05) is 31.0 Å². The first-order chi connectivity index (χ1) is 7.79. The number of hydrogen-bond acceptors (Lipinski definition) is 2. The highest BCUT2D eigenvalue weighted by Crippen LogP contribution is 2.41. The maximum atomic E-state index is 9.35. The molecule has 0 saturated heterocycles. The number of nitrogens with zero attached hydrogens (tertiary/aromatic N) is 1. The zero-order valence-electron chi connectivity index (χ0n) is 9.70. The summed E-state index contributed by atoms with van der Waals surface area (Å²) in [5, 5.41) is 9.35. The summed E-state index contributed by atoms with van der Waals surface area (Å²) in [6.07, 6.45) is 5.25. The molecule has 0 bridgehead atoms. The third-order valence-electron chi connectivity index (χ3n) is 3.52. The van der Waals surface area contributed by atoms with Crippen molar-refractivity contribution >= 4 is 0 Å². The Balaban J connectivity index is 2.23. The fourth-order valence-electron chi connectivity index (χ4n) is 2.59. The summed E-state index contributed by atoms with van der Waals surface area (Å²) in [6, 6.07) is 10.5. The van der Waals surface area contributed by atoms with Gasteiger partial charge in [-0.15, -0.1) is 0 Å². The van der Waals surface area contributed by atoms with E-state index in [0.717, 1.165) is 30.6 Å². The first-order valence-corrected chi connectivity index (χ1v) is 5.83. The van der Waals surface area contributed by atoms with Crippen molar-refractivity contribution in [1.29, 1.82) is 5.26 Å². The molecule has 2 nitrogen and oxygen atoms in total. The quantitative estimate of drug-likeness (QED) is 0.774. The van der Waals surface area contributed by atoms with Gasteiger partial charge < -0.3 is 4.74 Å². The molecule has 16 heavy (non-hydrogen) atoms. The van der Waals surface area contributed by atoms with Gasteiger partial charge in [-0.05, 0) is 30.9 Å². The molecule has 2 heteroatoms. The molecule has 1 saturated carbocycles. The van der Waals surface area contributed by atoms with Crippen molar-refractivity contribution in [2.75, 3.05) is 7.11 Å². The maximum Gasteiger partial charge on any atom is 0.122 e. The van der Waals surface area contributed by atoms with Crippen molar-refractivity contribution in [1.82, 2.24) is 0 Å². The van der Waals surface area contributed by atoms with Crippen molar-refractivity contribution in [2.45, 2.75) is 32.1 Å². The minimum atomic E-state index is -0.144. The number of ether oxygens (including phenoxy) is 1. The van der Waals surface area contributed by atoms with Crippen LogP contribution < -0.4 is 4.74 Å². The van der Waals surface area contributed by atoms with Gasteiger partial charge in [-0.2, -0.15) is 5.26 Å². The van der Waals surface area contributed by atoms with E-state index in [1.54, 1.807) is 7.11 Å². The van der Waals surface area contributed by atoms with E-state index in [4.69, 9.17) is 4.74 Å². The van der Waals surface area contributed by atoms with Crippen LogP contribution in [0.15, 0.2) is 24.3 Å². The van der Waals surface area contributed by atoms with Gasteiger partial charge in [0.05, 0.1) is 18.6 Å². The van der Waals surface area contributed by atoms with E-state index in [9.17, 15) is 5.26 Å². The summed E-state index contributed by atoms with van der Waals surface area (Å²) in [6.45, 7) is 0. The smallest absolute Gasteiger partial charge is 0.122 e. The van der Waals surface area contributed by atoms with Crippen LogP contribution in [0.2, 0.25) is 0 Å².